The van der Waals surface area contributed by atoms with E-state index >= 15 is 0 Å². The van der Waals surface area contributed by atoms with Crippen molar-refractivity contribution in [1.29, 1.82) is 0 Å². The molecule has 116 valence electrons. The normalized spacial score (nSPS) is 15.8. The van der Waals surface area contributed by atoms with Crippen LogP contribution in [0.3, 0.4) is 0 Å². The molecule has 23 heavy (non-hydrogen) atoms. The summed E-state index contributed by atoms with van der Waals surface area (Å²) in [5.74, 6) is -0.0553. The first-order valence-corrected chi connectivity index (χ1v) is 7.64. The van der Waals surface area contributed by atoms with Gasteiger partial charge >= 0.3 is 0 Å². The highest BCUT2D eigenvalue weighted by Crippen LogP contribution is 2.26. The van der Waals surface area contributed by atoms with Gasteiger partial charge < -0.3 is 4.74 Å². The minimum Gasteiger partial charge on any atom is -0.489 e. The molecular weight excluding hydrogens is 317 g/mol. The van der Waals surface area contributed by atoms with E-state index < -0.39 is 5.91 Å². The lowest BCUT2D eigenvalue weighted by Gasteiger charge is -2.07. The fraction of sp³-hybridized carbons (Fsp3) is 0.0588. The molecule has 6 heteroatoms. The highest BCUT2D eigenvalue weighted by molar-refractivity contribution is 8.18. The van der Waals surface area contributed by atoms with Crippen LogP contribution in [0.1, 0.15) is 11.1 Å². The van der Waals surface area contributed by atoms with Crippen molar-refractivity contribution in [2.45, 2.75) is 6.61 Å². The molecule has 0 unspecified atom stereocenters. The van der Waals surface area contributed by atoms with Crippen LogP contribution >= 0.6 is 11.8 Å². The molecule has 1 heterocycles. The van der Waals surface area contributed by atoms with Gasteiger partial charge in [-0.05, 0) is 53.2 Å². The van der Waals surface area contributed by atoms with Crippen LogP contribution in [-0.2, 0) is 11.4 Å². The Morgan fingerprint density at radius 2 is 1.91 bits per heavy atom. The van der Waals surface area contributed by atoms with Gasteiger partial charge in [0.15, 0.2) is 0 Å². The molecule has 4 nitrogen and oxygen atoms in total. The van der Waals surface area contributed by atoms with Gasteiger partial charge in [0.2, 0.25) is 0 Å². The summed E-state index contributed by atoms with van der Waals surface area (Å²) in [6, 6.07) is 13.3. The number of halogens is 1. The Hall–Kier alpha value is -2.60. The number of imide groups is 1. The maximum absolute atomic E-state index is 12.8. The first kappa shape index (κ1) is 15.3. The second-order valence-electron chi connectivity index (χ2n) is 4.84. The molecule has 1 N–H and O–H groups in total. The van der Waals surface area contributed by atoms with Gasteiger partial charge in [0.05, 0.1) is 4.91 Å². The van der Waals surface area contributed by atoms with Crippen LogP contribution in [0.25, 0.3) is 6.08 Å². The maximum atomic E-state index is 12.8. The number of hydrogen-bond donors (Lipinski definition) is 1. The van der Waals surface area contributed by atoms with E-state index in [2.05, 4.69) is 5.32 Å². The zero-order valence-corrected chi connectivity index (χ0v) is 12.7. The third kappa shape index (κ3) is 3.98. The number of carbonyl (C=O) groups is 2. The molecule has 0 atom stereocenters. The summed E-state index contributed by atoms with van der Waals surface area (Å²) in [6.07, 6.45) is 1.63. The third-order valence-electron chi connectivity index (χ3n) is 3.12. The van der Waals surface area contributed by atoms with E-state index in [1.54, 1.807) is 36.4 Å². The topological polar surface area (TPSA) is 55.4 Å². The second-order valence-corrected chi connectivity index (χ2v) is 5.85. The van der Waals surface area contributed by atoms with Crippen molar-refractivity contribution in [3.63, 3.8) is 0 Å². The fourth-order valence-electron chi connectivity index (χ4n) is 2.01. The van der Waals surface area contributed by atoms with E-state index in [4.69, 9.17) is 4.74 Å². The first-order valence-electron chi connectivity index (χ1n) is 6.82. The molecule has 0 radical (unpaired) electrons. The van der Waals surface area contributed by atoms with Crippen molar-refractivity contribution in [3.05, 3.63) is 70.4 Å². The SMILES string of the molecule is O=C1NC(=O)/C(=C/c2cccc(OCc3ccc(F)cc3)c2)S1. The third-order valence-corrected chi connectivity index (χ3v) is 3.93. The van der Waals surface area contributed by atoms with E-state index in [9.17, 15) is 14.0 Å². The Morgan fingerprint density at radius 1 is 1.13 bits per heavy atom. The van der Waals surface area contributed by atoms with E-state index in [-0.39, 0.29) is 11.1 Å². The molecule has 2 aromatic carbocycles. The number of amides is 2. The molecule has 0 saturated carbocycles. The molecule has 1 fully saturated rings. The van der Waals surface area contributed by atoms with Gasteiger partial charge in [-0.1, -0.05) is 24.3 Å². The molecule has 1 aliphatic heterocycles. The van der Waals surface area contributed by atoms with Gasteiger partial charge in [0, 0.05) is 0 Å². The Labute approximate surface area is 136 Å². The van der Waals surface area contributed by atoms with E-state index in [1.165, 1.54) is 12.1 Å². The van der Waals surface area contributed by atoms with Gasteiger partial charge in [-0.15, -0.1) is 0 Å². The molecule has 1 aliphatic rings. The van der Waals surface area contributed by atoms with Crippen molar-refractivity contribution in [1.82, 2.24) is 5.32 Å². The number of rotatable bonds is 4. The van der Waals surface area contributed by atoms with Crippen molar-refractivity contribution >= 4 is 29.0 Å². The lowest BCUT2D eigenvalue weighted by atomic mass is 10.2. The Balaban J connectivity index is 1.70. The summed E-state index contributed by atoms with van der Waals surface area (Å²) in [6.45, 7) is 0.314. The van der Waals surface area contributed by atoms with Gasteiger partial charge in [-0.3, -0.25) is 14.9 Å². The van der Waals surface area contributed by atoms with Crippen molar-refractivity contribution in [2.24, 2.45) is 0 Å². The smallest absolute Gasteiger partial charge is 0.290 e. The van der Waals surface area contributed by atoms with Gasteiger partial charge in [-0.25, -0.2) is 4.39 Å². The summed E-state index contributed by atoms with van der Waals surface area (Å²) in [4.78, 5) is 23.0. The summed E-state index contributed by atoms with van der Waals surface area (Å²) >= 11 is 0.871. The van der Waals surface area contributed by atoms with Crippen LogP contribution in [0.5, 0.6) is 5.75 Å². The number of carbonyl (C=O) groups excluding carboxylic acids is 2. The van der Waals surface area contributed by atoms with Crippen molar-refractivity contribution < 1.29 is 18.7 Å². The predicted octanol–water partition coefficient (Wildman–Crippen LogP) is 3.73. The van der Waals surface area contributed by atoms with Gasteiger partial charge in [-0.2, -0.15) is 0 Å². The standard InChI is InChI=1S/C17H12FNO3S/c18-13-6-4-11(5-7-13)10-22-14-3-1-2-12(8-14)9-15-16(20)19-17(21)23-15/h1-9H,10H2,(H,19,20,21)/b15-9-. The van der Waals surface area contributed by atoms with E-state index in [0.29, 0.717) is 17.3 Å². The number of benzene rings is 2. The number of ether oxygens (including phenoxy) is 1. The molecule has 0 aliphatic carbocycles. The van der Waals surface area contributed by atoms with Crippen molar-refractivity contribution in [3.8, 4) is 5.75 Å². The van der Waals surface area contributed by atoms with Crippen LogP contribution < -0.4 is 10.1 Å². The van der Waals surface area contributed by atoms with Crippen molar-refractivity contribution in [2.75, 3.05) is 0 Å². The quantitative estimate of drug-likeness (QED) is 0.869. The molecule has 1 saturated heterocycles. The first-order chi connectivity index (χ1) is 11.1. The van der Waals surface area contributed by atoms with Gasteiger partial charge in [0.25, 0.3) is 11.1 Å². The van der Waals surface area contributed by atoms with E-state index in [0.717, 1.165) is 22.9 Å². The van der Waals surface area contributed by atoms with Crippen LogP contribution in [-0.4, -0.2) is 11.1 Å². The van der Waals surface area contributed by atoms with Crippen LogP contribution in [0, 0.1) is 5.82 Å². The lowest BCUT2D eigenvalue weighted by molar-refractivity contribution is -0.115. The predicted molar refractivity (Wildman–Crippen MR) is 86.3 cm³/mol. The van der Waals surface area contributed by atoms with Crippen LogP contribution in [0.2, 0.25) is 0 Å². The highest BCUT2D eigenvalue weighted by Gasteiger charge is 2.24. The zero-order valence-electron chi connectivity index (χ0n) is 11.9. The minimum atomic E-state index is -0.391. The van der Waals surface area contributed by atoms with Crippen LogP contribution in [0.4, 0.5) is 9.18 Å². The largest absolute Gasteiger partial charge is 0.489 e. The molecular formula is C17H12FNO3S. The number of nitrogens with one attached hydrogen (secondary N) is 1. The minimum absolute atomic E-state index is 0.288. The van der Waals surface area contributed by atoms with Gasteiger partial charge in [0.1, 0.15) is 18.2 Å². The lowest BCUT2D eigenvalue weighted by Crippen LogP contribution is -2.17. The second kappa shape index (κ2) is 6.66. The monoisotopic (exact) mass is 329 g/mol. The van der Waals surface area contributed by atoms with E-state index in [1.807, 2.05) is 6.07 Å². The molecule has 0 aromatic heterocycles. The maximum Gasteiger partial charge on any atom is 0.290 e. The highest BCUT2D eigenvalue weighted by atomic mass is 32.2. The number of hydrogen-bond acceptors (Lipinski definition) is 4. The zero-order chi connectivity index (χ0) is 16.2. The summed E-state index contributed by atoms with van der Waals surface area (Å²) < 4.78 is 18.5. The molecule has 0 bridgehead atoms. The Bertz CT molecular complexity index is 787. The molecule has 2 aromatic rings. The molecule has 2 amide bonds. The fourth-order valence-corrected chi connectivity index (χ4v) is 2.70. The summed E-state index contributed by atoms with van der Waals surface area (Å²) in [7, 11) is 0. The average Bonchev–Trinajstić information content (AvgIpc) is 2.85. The Morgan fingerprint density at radius 3 is 2.61 bits per heavy atom. The Kier molecular flexibility index (Phi) is 4.43. The van der Waals surface area contributed by atoms with Crippen LogP contribution in [0.15, 0.2) is 53.4 Å². The summed E-state index contributed by atoms with van der Waals surface area (Å²) in [5, 5.41) is 1.84. The average molecular weight is 329 g/mol. The summed E-state index contributed by atoms with van der Waals surface area (Å²) in [5.41, 5.74) is 1.61. The molecule has 0 spiro atoms. The number of thioether (sulfide) groups is 1. The molecule has 3 rings (SSSR count).